The van der Waals surface area contributed by atoms with E-state index in [0.29, 0.717) is 17.9 Å². The van der Waals surface area contributed by atoms with E-state index in [0.717, 1.165) is 44.4 Å². The first-order valence-electron chi connectivity index (χ1n) is 6.37. The summed E-state index contributed by atoms with van der Waals surface area (Å²) in [6.45, 7) is 0.785. The summed E-state index contributed by atoms with van der Waals surface area (Å²) in [6, 6.07) is 0.435. The number of amides is 1. The molecule has 0 aromatic carbocycles. The van der Waals surface area contributed by atoms with Gasteiger partial charge in [-0.05, 0) is 50.3 Å². The van der Waals surface area contributed by atoms with Gasteiger partial charge in [0.15, 0.2) is 0 Å². The second-order valence-electron chi connectivity index (χ2n) is 5.02. The van der Waals surface area contributed by atoms with E-state index in [-0.39, 0.29) is 5.92 Å². The van der Waals surface area contributed by atoms with Crippen molar-refractivity contribution in [2.24, 2.45) is 17.6 Å². The fourth-order valence-corrected chi connectivity index (χ4v) is 3.78. The van der Waals surface area contributed by atoms with Gasteiger partial charge in [-0.3, -0.25) is 4.79 Å². The Bertz CT molecular complexity index is 233. The number of hydrogen-bond donors (Lipinski definition) is 2. The number of carbonyl (C=O) groups is 1. The van der Waals surface area contributed by atoms with Gasteiger partial charge in [-0.1, -0.05) is 0 Å². The summed E-state index contributed by atoms with van der Waals surface area (Å²) >= 11 is 1.94. The van der Waals surface area contributed by atoms with E-state index in [2.05, 4.69) is 5.32 Å². The Morgan fingerprint density at radius 2 is 2.00 bits per heavy atom. The summed E-state index contributed by atoms with van der Waals surface area (Å²) in [4.78, 5) is 12.0. The van der Waals surface area contributed by atoms with E-state index in [4.69, 9.17) is 5.73 Å². The Hall–Kier alpha value is -0.220. The maximum atomic E-state index is 12.0. The van der Waals surface area contributed by atoms with Crippen molar-refractivity contribution in [1.82, 2.24) is 5.32 Å². The van der Waals surface area contributed by atoms with E-state index in [1.54, 1.807) is 0 Å². The molecule has 2 fully saturated rings. The van der Waals surface area contributed by atoms with Crippen molar-refractivity contribution in [1.29, 1.82) is 0 Å². The SMILES string of the molecule is NCC1CCC(C(=O)NC2CCSC2)CC1. The molecule has 0 aromatic rings. The third-order valence-electron chi connectivity index (χ3n) is 3.83. The Labute approximate surface area is 102 Å². The van der Waals surface area contributed by atoms with Crippen molar-refractivity contribution < 1.29 is 4.79 Å². The first-order chi connectivity index (χ1) is 7.79. The molecule has 1 saturated heterocycles. The van der Waals surface area contributed by atoms with E-state index in [1.807, 2.05) is 11.8 Å². The molecular formula is C12H22N2OS. The minimum Gasteiger partial charge on any atom is -0.352 e. The predicted molar refractivity (Wildman–Crippen MR) is 68.4 cm³/mol. The Balaban J connectivity index is 1.73. The van der Waals surface area contributed by atoms with Gasteiger partial charge >= 0.3 is 0 Å². The second-order valence-corrected chi connectivity index (χ2v) is 6.17. The van der Waals surface area contributed by atoms with Crippen LogP contribution in [0.2, 0.25) is 0 Å². The molecule has 0 radical (unpaired) electrons. The van der Waals surface area contributed by atoms with Crippen LogP contribution in [0.4, 0.5) is 0 Å². The van der Waals surface area contributed by atoms with E-state index in [9.17, 15) is 4.79 Å². The van der Waals surface area contributed by atoms with Gasteiger partial charge in [0.25, 0.3) is 0 Å². The maximum absolute atomic E-state index is 12.0. The van der Waals surface area contributed by atoms with Crippen LogP contribution in [-0.2, 0) is 4.79 Å². The molecule has 0 aromatic heterocycles. The highest BCUT2D eigenvalue weighted by atomic mass is 32.2. The third kappa shape index (κ3) is 3.14. The van der Waals surface area contributed by atoms with Crippen LogP contribution in [0.15, 0.2) is 0 Å². The van der Waals surface area contributed by atoms with Crippen LogP contribution in [0.5, 0.6) is 0 Å². The van der Waals surface area contributed by atoms with Gasteiger partial charge in [0.05, 0.1) is 0 Å². The summed E-state index contributed by atoms with van der Waals surface area (Å²) in [5.74, 6) is 3.51. The van der Waals surface area contributed by atoms with Crippen molar-refractivity contribution in [3.63, 3.8) is 0 Å². The third-order valence-corrected chi connectivity index (χ3v) is 4.99. The molecule has 1 amide bonds. The smallest absolute Gasteiger partial charge is 0.223 e. The van der Waals surface area contributed by atoms with Gasteiger partial charge < -0.3 is 11.1 Å². The summed E-state index contributed by atoms with van der Waals surface area (Å²) in [7, 11) is 0. The summed E-state index contributed by atoms with van der Waals surface area (Å²) in [5.41, 5.74) is 5.65. The molecule has 2 aliphatic rings. The number of thioether (sulfide) groups is 1. The van der Waals surface area contributed by atoms with Crippen molar-refractivity contribution in [3.8, 4) is 0 Å². The lowest BCUT2D eigenvalue weighted by Crippen LogP contribution is -2.40. The van der Waals surface area contributed by atoms with Crippen molar-refractivity contribution in [2.45, 2.75) is 38.1 Å². The minimum absolute atomic E-state index is 0.258. The minimum atomic E-state index is 0.258. The number of nitrogens with two attached hydrogens (primary N) is 1. The van der Waals surface area contributed by atoms with Crippen LogP contribution in [0.1, 0.15) is 32.1 Å². The predicted octanol–water partition coefficient (Wildman–Crippen LogP) is 1.37. The molecule has 1 aliphatic heterocycles. The van der Waals surface area contributed by atoms with Crippen LogP contribution >= 0.6 is 11.8 Å². The molecule has 0 bridgehead atoms. The monoisotopic (exact) mass is 242 g/mol. The zero-order valence-electron chi connectivity index (χ0n) is 9.78. The Kier molecular flexibility index (Phi) is 4.53. The van der Waals surface area contributed by atoms with Gasteiger partial charge in [-0.2, -0.15) is 11.8 Å². The van der Waals surface area contributed by atoms with Crippen LogP contribution in [0, 0.1) is 11.8 Å². The fourth-order valence-electron chi connectivity index (χ4n) is 2.63. The van der Waals surface area contributed by atoms with Crippen molar-refractivity contribution >= 4 is 17.7 Å². The second kappa shape index (κ2) is 5.92. The average molecular weight is 242 g/mol. The standard InChI is InChI=1S/C12H22N2OS/c13-7-9-1-3-10(4-2-9)12(15)14-11-5-6-16-8-11/h9-11H,1-8,13H2,(H,14,15). The van der Waals surface area contributed by atoms with Gasteiger partial charge in [-0.25, -0.2) is 0 Å². The van der Waals surface area contributed by atoms with E-state index < -0.39 is 0 Å². The highest BCUT2D eigenvalue weighted by Gasteiger charge is 2.27. The van der Waals surface area contributed by atoms with Crippen molar-refractivity contribution in [2.75, 3.05) is 18.1 Å². The summed E-state index contributed by atoms with van der Waals surface area (Å²) in [6.07, 6.45) is 5.48. The molecule has 1 unspecified atom stereocenters. The number of rotatable bonds is 3. The van der Waals surface area contributed by atoms with Gasteiger partial charge in [0, 0.05) is 17.7 Å². The lowest BCUT2D eigenvalue weighted by atomic mass is 9.81. The molecule has 16 heavy (non-hydrogen) atoms. The number of carbonyl (C=O) groups excluding carboxylic acids is 1. The Morgan fingerprint density at radius 1 is 1.25 bits per heavy atom. The lowest BCUT2D eigenvalue weighted by Gasteiger charge is -2.27. The molecule has 92 valence electrons. The van der Waals surface area contributed by atoms with Crippen molar-refractivity contribution in [3.05, 3.63) is 0 Å². The molecule has 2 rings (SSSR count). The number of hydrogen-bond acceptors (Lipinski definition) is 3. The van der Waals surface area contributed by atoms with E-state index >= 15 is 0 Å². The largest absolute Gasteiger partial charge is 0.352 e. The molecular weight excluding hydrogens is 220 g/mol. The highest BCUT2D eigenvalue weighted by molar-refractivity contribution is 7.99. The van der Waals surface area contributed by atoms with Crippen LogP contribution in [0.3, 0.4) is 0 Å². The normalized spacial score (nSPS) is 34.9. The average Bonchev–Trinajstić information content (AvgIpc) is 2.82. The zero-order chi connectivity index (χ0) is 11.4. The molecule has 1 saturated carbocycles. The molecule has 1 atom stereocenters. The molecule has 3 nitrogen and oxygen atoms in total. The quantitative estimate of drug-likeness (QED) is 0.786. The molecule has 3 N–H and O–H groups in total. The van der Waals surface area contributed by atoms with Gasteiger partial charge in [0.1, 0.15) is 0 Å². The topological polar surface area (TPSA) is 55.1 Å². The molecule has 1 aliphatic carbocycles. The first-order valence-corrected chi connectivity index (χ1v) is 7.53. The zero-order valence-corrected chi connectivity index (χ0v) is 10.6. The summed E-state index contributed by atoms with van der Waals surface area (Å²) < 4.78 is 0. The van der Waals surface area contributed by atoms with Crippen LogP contribution in [0.25, 0.3) is 0 Å². The van der Waals surface area contributed by atoms with E-state index in [1.165, 1.54) is 5.75 Å². The van der Waals surface area contributed by atoms with Crippen LogP contribution < -0.4 is 11.1 Å². The van der Waals surface area contributed by atoms with Crippen LogP contribution in [-0.4, -0.2) is 30.0 Å². The molecule has 0 spiro atoms. The molecule has 1 heterocycles. The Morgan fingerprint density at radius 3 is 2.56 bits per heavy atom. The highest BCUT2D eigenvalue weighted by Crippen LogP contribution is 2.28. The van der Waals surface area contributed by atoms with Gasteiger partial charge in [0.2, 0.25) is 5.91 Å². The fraction of sp³-hybridized carbons (Fsp3) is 0.917. The number of nitrogens with one attached hydrogen (secondary N) is 1. The lowest BCUT2D eigenvalue weighted by molar-refractivity contribution is -0.126. The molecule has 4 heteroatoms. The summed E-state index contributed by atoms with van der Waals surface area (Å²) in [5, 5.41) is 3.19. The first kappa shape index (κ1) is 12.2. The van der Waals surface area contributed by atoms with Gasteiger partial charge in [-0.15, -0.1) is 0 Å². The maximum Gasteiger partial charge on any atom is 0.223 e.